The third kappa shape index (κ3) is 5.28. The number of fused-ring (bicyclic) bond motifs is 1. The lowest BCUT2D eigenvalue weighted by molar-refractivity contribution is -0.384. The highest BCUT2D eigenvalue weighted by atomic mass is 32.2. The van der Waals surface area contributed by atoms with E-state index >= 15 is 0 Å². The largest absolute Gasteiger partial charge is 0.462 e. The summed E-state index contributed by atoms with van der Waals surface area (Å²) < 4.78 is 6.76. The molecule has 0 saturated carbocycles. The first-order valence-electron chi connectivity index (χ1n) is 10.9. The normalized spacial score (nSPS) is 11.1. The van der Waals surface area contributed by atoms with Crippen LogP contribution in [0.4, 0.5) is 5.69 Å². The molecule has 0 saturated heterocycles. The van der Waals surface area contributed by atoms with Gasteiger partial charge in [0.05, 0.1) is 23.5 Å². The van der Waals surface area contributed by atoms with Crippen molar-refractivity contribution in [1.29, 1.82) is 0 Å². The molecule has 0 N–H and O–H groups in total. The molecule has 2 aromatic heterocycles. The number of ether oxygens (including phenoxy) is 1. The van der Waals surface area contributed by atoms with Crippen LogP contribution >= 0.6 is 23.1 Å². The van der Waals surface area contributed by atoms with Crippen LogP contribution in [0, 0.1) is 24.0 Å². The second-order valence-electron chi connectivity index (χ2n) is 7.94. The number of aryl methyl sites for hydroxylation is 2. The quantitative estimate of drug-likeness (QED) is 0.102. The molecule has 2 aromatic carbocycles. The summed E-state index contributed by atoms with van der Waals surface area (Å²) in [5.74, 6) is -0.0777. The molecule has 4 rings (SSSR count). The van der Waals surface area contributed by atoms with Gasteiger partial charge in [0.25, 0.3) is 11.2 Å². The summed E-state index contributed by atoms with van der Waals surface area (Å²) in [5, 5.41) is 12.0. The molecule has 0 amide bonds. The zero-order valence-electron chi connectivity index (χ0n) is 19.4. The summed E-state index contributed by atoms with van der Waals surface area (Å²) >= 11 is 2.47. The molecule has 0 aliphatic heterocycles. The van der Waals surface area contributed by atoms with Crippen molar-refractivity contribution >= 4 is 45.0 Å². The van der Waals surface area contributed by atoms with Gasteiger partial charge in [-0.15, -0.1) is 11.3 Å². The average molecular weight is 510 g/mol. The van der Waals surface area contributed by atoms with Gasteiger partial charge in [-0.2, -0.15) is 0 Å². The van der Waals surface area contributed by atoms with E-state index in [4.69, 9.17) is 9.72 Å². The van der Waals surface area contributed by atoms with Crippen LogP contribution in [0.2, 0.25) is 0 Å². The van der Waals surface area contributed by atoms with Gasteiger partial charge in [0.2, 0.25) is 0 Å². The molecule has 0 bridgehead atoms. The van der Waals surface area contributed by atoms with E-state index in [-0.39, 0.29) is 17.9 Å². The van der Waals surface area contributed by atoms with Crippen LogP contribution < -0.4 is 5.56 Å². The third-order valence-electron chi connectivity index (χ3n) is 5.43. The van der Waals surface area contributed by atoms with Crippen molar-refractivity contribution in [1.82, 2.24) is 9.55 Å². The van der Waals surface area contributed by atoms with Gasteiger partial charge >= 0.3 is 5.97 Å². The topological polar surface area (TPSA) is 104 Å². The van der Waals surface area contributed by atoms with Gasteiger partial charge in [0.15, 0.2) is 5.16 Å². The Morgan fingerprint density at radius 1 is 1.17 bits per heavy atom. The molecule has 8 nitrogen and oxygen atoms in total. The molecule has 0 radical (unpaired) electrons. The third-order valence-corrected chi connectivity index (χ3v) is 7.64. The number of thiophene rings is 1. The monoisotopic (exact) mass is 509 g/mol. The zero-order chi connectivity index (χ0) is 25.1. The smallest absolute Gasteiger partial charge is 0.348 e. The van der Waals surface area contributed by atoms with Crippen molar-refractivity contribution in [3.8, 4) is 0 Å². The van der Waals surface area contributed by atoms with Crippen molar-refractivity contribution in [2.45, 2.75) is 38.2 Å². The van der Waals surface area contributed by atoms with Crippen molar-refractivity contribution in [2.24, 2.45) is 0 Å². The van der Waals surface area contributed by atoms with Gasteiger partial charge in [-0.3, -0.25) is 19.5 Å². The summed E-state index contributed by atoms with van der Waals surface area (Å²) in [5.41, 5.74) is 3.14. The van der Waals surface area contributed by atoms with E-state index < -0.39 is 10.9 Å². The number of carbonyl (C=O) groups excluding carboxylic acids is 1. The number of aromatic nitrogens is 2. The Kier molecular flexibility index (Phi) is 7.32. The van der Waals surface area contributed by atoms with E-state index in [0.29, 0.717) is 38.1 Å². The summed E-state index contributed by atoms with van der Waals surface area (Å²) in [7, 11) is 0. The van der Waals surface area contributed by atoms with Gasteiger partial charge in [-0.25, -0.2) is 9.78 Å². The van der Waals surface area contributed by atoms with Crippen molar-refractivity contribution in [3.05, 3.63) is 96.1 Å². The van der Waals surface area contributed by atoms with E-state index in [9.17, 15) is 19.7 Å². The van der Waals surface area contributed by atoms with Crippen LogP contribution in [0.15, 0.2) is 58.5 Å². The first-order valence-corrected chi connectivity index (χ1v) is 12.7. The minimum Gasteiger partial charge on any atom is -0.462 e. The lowest BCUT2D eigenvalue weighted by Gasteiger charge is -2.13. The molecular formula is C25H23N3O5S2. The maximum Gasteiger partial charge on any atom is 0.348 e. The molecule has 0 atom stereocenters. The van der Waals surface area contributed by atoms with Crippen molar-refractivity contribution < 1.29 is 14.5 Å². The highest BCUT2D eigenvalue weighted by molar-refractivity contribution is 7.98. The first kappa shape index (κ1) is 24.6. The molecule has 0 aliphatic rings. The Morgan fingerprint density at radius 3 is 2.60 bits per heavy atom. The van der Waals surface area contributed by atoms with E-state index in [1.54, 1.807) is 30.5 Å². The molecular weight excluding hydrogens is 486 g/mol. The molecule has 180 valence electrons. The minimum absolute atomic E-state index is 0.0107. The first-order chi connectivity index (χ1) is 16.8. The highest BCUT2D eigenvalue weighted by Gasteiger charge is 2.23. The maximum atomic E-state index is 13.7. The van der Waals surface area contributed by atoms with E-state index in [0.717, 1.165) is 28.0 Å². The molecule has 35 heavy (non-hydrogen) atoms. The van der Waals surface area contributed by atoms with Gasteiger partial charge in [0.1, 0.15) is 9.71 Å². The lowest BCUT2D eigenvalue weighted by atomic mass is 10.1. The van der Waals surface area contributed by atoms with Crippen LogP contribution in [0.3, 0.4) is 0 Å². The molecule has 2 heterocycles. The Bertz CT molecular complexity index is 1480. The molecule has 4 aromatic rings. The number of hydrogen-bond donors (Lipinski definition) is 0. The number of rotatable bonds is 8. The Labute approximate surface area is 209 Å². The van der Waals surface area contributed by atoms with E-state index in [2.05, 4.69) is 0 Å². The number of thioether (sulfide) groups is 1. The van der Waals surface area contributed by atoms with Crippen LogP contribution in [-0.2, 0) is 17.0 Å². The number of nitrogens with zero attached hydrogens (tertiary/aromatic N) is 3. The van der Waals surface area contributed by atoms with Crippen LogP contribution in [-0.4, -0.2) is 27.1 Å². The van der Waals surface area contributed by atoms with Gasteiger partial charge in [-0.05, 0) is 37.5 Å². The Balaban J connectivity index is 1.79. The molecule has 0 aliphatic carbocycles. The summed E-state index contributed by atoms with van der Waals surface area (Å²) in [6.07, 6.45) is 0. The number of carbonyl (C=O) groups is 1. The van der Waals surface area contributed by atoms with Gasteiger partial charge < -0.3 is 4.74 Å². The number of nitro groups is 1. The molecule has 10 heteroatoms. The zero-order valence-corrected chi connectivity index (χ0v) is 21.1. The number of nitro benzene ring substituents is 1. The summed E-state index contributed by atoms with van der Waals surface area (Å²) in [6.45, 7) is 6.01. The fraction of sp³-hybridized carbons (Fsp3) is 0.240. The number of non-ortho nitro benzene ring substituents is 1. The van der Waals surface area contributed by atoms with E-state index in [1.165, 1.54) is 23.9 Å². The highest BCUT2D eigenvalue weighted by Crippen LogP contribution is 2.31. The Hall–Kier alpha value is -3.50. The second kappa shape index (κ2) is 10.4. The average Bonchev–Trinajstić information content (AvgIpc) is 3.17. The van der Waals surface area contributed by atoms with Crippen LogP contribution in [0.1, 0.15) is 38.8 Å². The molecule has 0 fully saturated rings. The number of benzene rings is 2. The van der Waals surface area contributed by atoms with Crippen molar-refractivity contribution in [2.75, 3.05) is 6.61 Å². The van der Waals surface area contributed by atoms with Crippen LogP contribution in [0.5, 0.6) is 0 Å². The second-order valence-corrected chi connectivity index (χ2v) is 9.89. The fourth-order valence-corrected chi connectivity index (χ4v) is 5.68. The molecule has 0 unspecified atom stereocenters. The van der Waals surface area contributed by atoms with Gasteiger partial charge in [0, 0.05) is 17.9 Å². The fourth-order valence-electron chi connectivity index (χ4n) is 3.62. The van der Waals surface area contributed by atoms with E-state index in [1.807, 2.05) is 31.2 Å². The summed E-state index contributed by atoms with van der Waals surface area (Å²) in [6, 6.07) is 14.3. The SMILES string of the molecule is CCOC(=O)c1sc2nc(SCc3cccc([N+](=O)[O-])c3)n(Cc3ccc(C)cc3)c(=O)c2c1C. The lowest BCUT2D eigenvalue weighted by Crippen LogP contribution is -2.24. The van der Waals surface area contributed by atoms with Crippen molar-refractivity contribution in [3.63, 3.8) is 0 Å². The number of esters is 1. The van der Waals surface area contributed by atoms with Crippen LogP contribution in [0.25, 0.3) is 10.2 Å². The predicted molar refractivity (Wildman–Crippen MR) is 138 cm³/mol. The standard InChI is InChI=1S/C25H23N3O5S2/c1-4-33-24(30)21-16(3)20-22(35-21)26-25(34-14-18-6-5-7-19(12-18)28(31)32)27(23(20)29)13-17-10-8-15(2)9-11-17/h5-12H,4,13-14H2,1-3H3. The minimum atomic E-state index is -0.469. The maximum absolute atomic E-state index is 13.7. The Morgan fingerprint density at radius 2 is 1.91 bits per heavy atom. The predicted octanol–water partition coefficient (Wildman–Crippen LogP) is 5.50. The summed E-state index contributed by atoms with van der Waals surface area (Å²) in [4.78, 5) is 42.4. The number of hydrogen-bond acceptors (Lipinski definition) is 8. The molecule has 0 spiro atoms. The van der Waals surface area contributed by atoms with Gasteiger partial charge in [-0.1, -0.05) is 53.7 Å².